The van der Waals surface area contributed by atoms with Crippen LogP contribution in [0, 0.1) is 5.41 Å². The van der Waals surface area contributed by atoms with Crippen molar-refractivity contribution >= 4 is 45.2 Å². The van der Waals surface area contributed by atoms with Crippen LogP contribution in [0.25, 0.3) is 12.2 Å². The number of hydrogen-bond donors (Lipinski definition) is 1. The van der Waals surface area contributed by atoms with Gasteiger partial charge in [0.1, 0.15) is 5.75 Å². The highest BCUT2D eigenvalue weighted by molar-refractivity contribution is 9.10. The van der Waals surface area contributed by atoms with Crippen molar-refractivity contribution in [2.24, 2.45) is 5.41 Å². The normalized spacial score (nSPS) is 13.4. The quantitative estimate of drug-likeness (QED) is 0.867. The number of H-pyrrole nitrogens is 1. The Kier molecular flexibility index (Phi) is 5.26. The molecule has 0 saturated heterocycles. The Balaban J connectivity index is 2.55. The van der Waals surface area contributed by atoms with Crippen LogP contribution in [-0.4, -0.2) is 17.9 Å². The van der Waals surface area contributed by atoms with Crippen LogP contribution in [0.5, 0.6) is 5.75 Å². The van der Waals surface area contributed by atoms with Gasteiger partial charge < -0.3 is 9.72 Å². The average molecular weight is 396 g/mol. The Morgan fingerprint density at radius 3 is 2.65 bits per heavy atom. The molecule has 0 amide bonds. The molecule has 0 saturated carbocycles. The molecular formula is C17H18BrNO3S. The van der Waals surface area contributed by atoms with Crippen molar-refractivity contribution in [2.45, 2.75) is 20.8 Å². The first-order valence-corrected chi connectivity index (χ1v) is 8.62. The number of halogens is 1. The summed E-state index contributed by atoms with van der Waals surface area (Å²) < 4.78 is 7.28. The van der Waals surface area contributed by atoms with Crippen molar-refractivity contribution in [3.63, 3.8) is 0 Å². The van der Waals surface area contributed by atoms with E-state index in [0.29, 0.717) is 14.9 Å². The Bertz CT molecular complexity index is 903. The fraction of sp³-hybridized carbons (Fsp3) is 0.294. The number of carbonyl (C=O) groups excluding carboxylic acids is 1. The van der Waals surface area contributed by atoms with Crippen molar-refractivity contribution in [1.82, 2.24) is 4.98 Å². The standard InChI is InChI=1S/C17H18BrNO3S/c1-17(2,3)14(20)9-15-19-16(21)13(23-15)8-10-7-11(18)5-6-12(10)22-4/h5-9H,1-4H3,(H,19,21)/b13-8-,15-9+. The van der Waals surface area contributed by atoms with E-state index in [1.165, 1.54) is 17.4 Å². The van der Waals surface area contributed by atoms with Gasteiger partial charge in [-0.1, -0.05) is 36.7 Å². The maximum Gasteiger partial charge on any atom is 0.266 e. The summed E-state index contributed by atoms with van der Waals surface area (Å²) >= 11 is 4.66. The molecule has 6 heteroatoms. The van der Waals surface area contributed by atoms with Crippen LogP contribution in [0.1, 0.15) is 26.3 Å². The number of nitrogens with one attached hydrogen (secondary N) is 1. The van der Waals surface area contributed by atoms with E-state index in [-0.39, 0.29) is 11.3 Å². The zero-order chi connectivity index (χ0) is 17.2. The predicted molar refractivity (Wildman–Crippen MR) is 97.4 cm³/mol. The van der Waals surface area contributed by atoms with Crippen molar-refractivity contribution in [3.05, 3.63) is 47.8 Å². The SMILES string of the molecule is COc1ccc(Br)cc1/C=c1\s/c(=C/C(=O)C(C)(C)C)[nH]c1=O. The first kappa shape index (κ1) is 17.7. The second-order valence-corrected chi connectivity index (χ2v) is 8.07. The fourth-order valence-corrected chi connectivity index (χ4v) is 3.07. The lowest BCUT2D eigenvalue weighted by atomic mass is 9.91. The average Bonchev–Trinajstić information content (AvgIpc) is 2.78. The highest BCUT2D eigenvalue weighted by atomic mass is 79.9. The molecule has 0 radical (unpaired) electrons. The van der Waals surface area contributed by atoms with Crippen molar-refractivity contribution in [3.8, 4) is 5.75 Å². The number of hydrogen-bond acceptors (Lipinski definition) is 4. The van der Waals surface area contributed by atoms with Crippen molar-refractivity contribution < 1.29 is 9.53 Å². The number of ketones is 1. The number of Topliss-reactive ketones (excluding diaryl/α,β-unsaturated/α-hetero) is 1. The lowest BCUT2D eigenvalue weighted by Gasteiger charge is -2.12. The van der Waals surface area contributed by atoms with Crippen LogP contribution in [0.2, 0.25) is 0 Å². The van der Waals surface area contributed by atoms with Crippen molar-refractivity contribution in [1.29, 1.82) is 0 Å². The maximum absolute atomic E-state index is 12.1. The van der Waals surface area contributed by atoms with Gasteiger partial charge in [0.15, 0.2) is 5.78 Å². The number of methoxy groups -OCH3 is 1. The number of carbonyl (C=O) groups is 1. The molecule has 0 aliphatic carbocycles. The Morgan fingerprint density at radius 2 is 2.04 bits per heavy atom. The lowest BCUT2D eigenvalue weighted by Crippen LogP contribution is -2.22. The maximum atomic E-state index is 12.1. The molecule has 0 fully saturated rings. The summed E-state index contributed by atoms with van der Waals surface area (Å²) in [5.74, 6) is 0.652. The zero-order valence-corrected chi connectivity index (χ0v) is 15.8. The third-order valence-electron chi connectivity index (χ3n) is 3.16. The van der Waals surface area contributed by atoms with E-state index in [4.69, 9.17) is 4.74 Å². The molecule has 2 rings (SSSR count). The summed E-state index contributed by atoms with van der Waals surface area (Å²) in [5.41, 5.74) is 0.103. The summed E-state index contributed by atoms with van der Waals surface area (Å²) in [6.07, 6.45) is 3.24. The van der Waals surface area contributed by atoms with Crippen LogP contribution in [0.15, 0.2) is 27.5 Å². The number of rotatable bonds is 3. The Labute approximate surface area is 146 Å². The monoisotopic (exact) mass is 395 g/mol. The number of aromatic nitrogens is 1. The third kappa shape index (κ3) is 4.42. The molecule has 0 unspecified atom stereocenters. The highest BCUT2D eigenvalue weighted by Crippen LogP contribution is 2.23. The number of benzene rings is 1. The Hall–Kier alpha value is -1.66. The molecular weight excluding hydrogens is 378 g/mol. The second kappa shape index (κ2) is 6.84. The fourth-order valence-electron chi connectivity index (χ4n) is 1.82. The largest absolute Gasteiger partial charge is 0.496 e. The third-order valence-corrected chi connectivity index (χ3v) is 4.62. The van der Waals surface area contributed by atoms with Gasteiger partial charge in [-0.15, -0.1) is 11.3 Å². The zero-order valence-electron chi connectivity index (χ0n) is 13.4. The molecule has 23 heavy (non-hydrogen) atoms. The smallest absolute Gasteiger partial charge is 0.266 e. The molecule has 1 N–H and O–H groups in total. The predicted octanol–water partition coefficient (Wildman–Crippen LogP) is 2.43. The van der Waals surface area contributed by atoms with E-state index in [1.807, 2.05) is 39.0 Å². The van der Waals surface area contributed by atoms with E-state index < -0.39 is 5.41 Å². The number of aromatic amines is 1. The summed E-state index contributed by atoms with van der Waals surface area (Å²) in [7, 11) is 1.58. The van der Waals surface area contributed by atoms with Crippen LogP contribution in [0.4, 0.5) is 0 Å². The lowest BCUT2D eigenvalue weighted by molar-refractivity contribution is -0.119. The van der Waals surface area contributed by atoms with E-state index in [2.05, 4.69) is 20.9 Å². The summed E-state index contributed by atoms with van der Waals surface area (Å²) in [6.45, 7) is 5.53. The van der Waals surface area contributed by atoms with Gasteiger partial charge in [0.05, 0.1) is 16.3 Å². The van der Waals surface area contributed by atoms with E-state index in [9.17, 15) is 9.59 Å². The molecule has 1 heterocycles. The van der Waals surface area contributed by atoms with Crippen LogP contribution < -0.4 is 19.5 Å². The van der Waals surface area contributed by atoms with Crippen LogP contribution >= 0.6 is 27.3 Å². The van der Waals surface area contributed by atoms with Gasteiger partial charge in [0.25, 0.3) is 5.56 Å². The minimum atomic E-state index is -0.474. The molecule has 0 aliphatic rings. The summed E-state index contributed by atoms with van der Waals surface area (Å²) in [4.78, 5) is 26.9. The topological polar surface area (TPSA) is 59.2 Å². The molecule has 0 spiro atoms. The van der Waals surface area contributed by atoms with E-state index >= 15 is 0 Å². The molecule has 1 aromatic heterocycles. The molecule has 0 aliphatic heterocycles. The highest BCUT2D eigenvalue weighted by Gasteiger charge is 2.18. The van der Waals surface area contributed by atoms with Crippen molar-refractivity contribution in [2.75, 3.05) is 7.11 Å². The first-order valence-electron chi connectivity index (χ1n) is 7.01. The molecule has 0 bridgehead atoms. The van der Waals surface area contributed by atoms with Gasteiger partial charge >= 0.3 is 0 Å². The minimum Gasteiger partial charge on any atom is -0.496 e. The van der Waals surface area contributed by atoms with Crippen LogP contribution in [0.3, 0.4) is 0 Å². The number of ether oxygens (including phenoxy) is 1. The molecule has 4 nitrogen and oxygen atoms in total. The van der Waals surface area contributed by atoms with Gasteiger partial charge in [0.2, 0.25) is 0 Å². The summed E-state index contributed by atoms with van der Waals surface area (Å²) in [5, 5.41) is 0. The summed E-state index contributed by atoms with van der Waals surface area (Å²) in [6, 6.07) is 5.57. The van der Waals surface area contributed by atoms with Gasteiger partial charge in [-0.25, -0.2) is 0 Å². The van der Waals surface area contributed by atoms with E-state index in [1.54, 1.807) is 13.2 Å². The molecule has 1 aromatic carbocycles. The van der Waals surface area contributed by atoms with Gasteiger partial charge in [0, 0.05) is 21.5 Å². The van der Waals surface area contributed by atoms with E-state index in [0.717, 1.165) is 10.0 Å². The number of thiazole rings is 1. The van der Waals surface area contributed by atoms with Gasteiger partial charge in [-0.3, -0.25) is 9.59 Å². The van der Waals surface area contributed by atoms with Gasteiger partial charge in [-0.2, -0.15) is 0 Å². The first-order chi connectivity index (χ1) is 10.7. The van der Waals surface area contributed by atoms with Crippen LogP contribution in [-0.2, 0) is 4.79 Å². The minimum absolute atomic E-state index is 0.0263. The second-order valence-electron chi connectivity index (χ2n) is 6.07. The molecule has 0 atom stereocenters. The Morgan fingerprint density at radius 1 is 1.35 bits per heavy atom. The van der Waals surface area contributed by atoms with Gasteiger partial charge in [-0.05, 0) is 24.3 Å². The molecule has 122 valence electrons. The molecule has 2 aromatic rings.